The van der Waals surface area contributed by atoms with E-state index in [0.29, 0.717) is 11.4 Å². The van der Waals surface area contributed by atoms with Crippen molar-refractivity contribution in [1.82, 2.24) is 5.32 Å². The third-order valence-corrected chi connectivity index (χ3v) is 7.21. The minimum Gasteiger partial charge on any atom is -0.484 e. The first-order chi connectivity index (χ1) is 16.4. The Kier molecular flexibility index (Phi) is 8.22. The zero-order chi connectivity index (χ0) is 25.8. The average molecular weight is 495 g/mol. The van der Waals surface area contributed by atoms with Gasteiger partial charge in [-0.05, 0) is 86.7 Å². The molecule has 1 atom stereocenters. The molecule has 0 fully saturated rings. The van der Waals surface area contributed by atoms with E-state index in [0.717, 1.165) is 22.3 Å². The number of anilines is 1. The van der Waals surface area contributed by atoms with Crippen LogP contribution < -0.4 is 14.4 Å². The van der Waals surface area contributed by atoms with Gasteiger partial charge in [0.05, 0.1) is 24.5 Å². The molecule has 35 heavy (non-hydrogen) atoms. The largest absolute Gasteiger partial charge is 0.484 e. The molecule has 0 saturated heterocycles. The van der Waals surface area contributed by atoms with E-state index in [2.05, 4.69) is 31.3 Å². The number of nitrogens with zero attached hydrogens (tertiary/aromatic N) is 1. The van der Waals surface area contributed by atoms with Crippen LogP contribution in [-0.4, -0.2) is 27.2 Å². The highest BCUT2D eigenvalue weighted by molar-refractivity contribution is 7.92. The molecular formula is C28H34N2O4S. The van der Waals surface area contributed by atoms with Gasteiger partial charge >= 0.3 is 0 Å². The van der Waals surface area contributed by atoms with E-state index in [9.17, 15) is 13.2 Å². The van der Waals surface area contributed by atoms with Crippen molar-refractivity contribution in [2.75, 3.05) is 17.2 Å². The maximum Gasteiger partial charge on any atom is 0.258 e. The Labute approximate surface area is 209 Å². The standard InChI is InChI=1S/C28H34N2O4S/c1-19-7-9-24(10-8-19)17-30(35(6,32)33)25-11-13-26(14-12-25)34-18-28(31)29-23(5)27-16-21(3)20(2)15-22(27)4/h7-16,23H,17-18H2,1-6H3,(H,29,31)/t23-/m1/s1. The molecule has 0 aliphatic rings. The first-order valence-corrected chi connectivity index (χ1v) is 13.4. The van der Waals surface area contributed by atoms with Crippen molar-refractivity contribution in [1.29, 1.82) is 0 Å². The Morgan fingerprint density at radius 3 is 2.11 bits per heavy atom. The van der Waals surface area contributed by atoms with Crippen molar-refractivity contribution >= 4 is 21.6 Å². The Balaban J connectivity index is 1.62. The topological polar surface area (TPSA) is 75.7 Å². The monoisotopic (exact) mass is 494 g/mol. The number of ether oxygens (including phenoxy) is 1. The van der Waals surface area contributed by atoms with Crippen molar-refractivity contribution in [2.24, 2.45) is 0 Å². The van der Waals surface area contributed by atoms with Gasteiger partial charge in [-0.25, -0.2) is 8.42 Å². The maximum atomic E-state index is 12.5. The SMILES string of the molecule is Cc1ccc(CN(c2ccc(OCC(=O)N[C@H](C)c3cc(C)c(C)cc3C)cc2)S(C)(=O)=O)cc1. The summed E-state index contributed by atoms with van der Waals surface area (Å²) in [6, 6.07) is 18.6. The first-order valence-electron chi connectivity index (χ1n) is 11.6. The Bertz CT molecular complexity index is 1280. The normalized spacial score (nSPS) is 12.2. The molecule has 0 unspecified atom stereocenters. The van der Waals surface area contributed by atoms with E-state index >= 15 is 0 Å². The van der Waals surface area contributed by atoms with E-state index in [1.165, 1.54) is 21.7 Å². The Hall–Kier alpha value is -3.32. The highest BCUT2D eigenvalue weighted by Gasteiger charge is 2.18. The van der Waals surface area contributed by atoms with Crippen LogP contribution in [0.15, 0.2) is 60.7 Å². The van der Waals surface area contributed by atoms with Gasteiger partial charge in [0.1, 0.15) is 5.75 Å². The number of amides is 1. The lowest BCUT2D eigenvalue weighted by atomic mass is 9.96. The van der Waals surface area contributed by atoms with E-state index in [1.54, 1.807) is 24.3 Å². The number of carbonyl (C=O) groups excluding carboxylic acids is 1. The molecule has 3 aromatic carbocycles. The predicted octanol–water partition coefficient (Wildman–Crippen LogP) is 5.14. The van der Waals surface area contributed by atoms with E-state index < -0.39 is 10.0 Å². The number of carbonyl (C=O) groups is 1. The van der Waals surface area contributed by atoms with Crippen LogP contribution in [0.3, 0.4) is 0 Å². The molecule has 0 saturated carbocycles. The van der Waals surface area contributed by atoms with Gasteiger partial charge in [-0.1, -0.05) is 42.0 Å². The van der Waals surface area contributed by atoms with Crippen molar-refractivity contribution in [3.8, 4) is 5.75 Å². The number of rotatable bonds is 9. The molecule has 0 radical (unpaired) electrons. The second-order valence-corrected chi connectivity index (χ2v) is 11.0. The van der Waals surface area contributed by atoms with Crippen LogP contribution in [-0.2, 0) is 21.4 Å². The van der Waals surface area contributed by atoms with E-state index in [1.807, 2.05) is 45.0 Å². The van der Waals surface area contributed by atoms with Crippen molar-refractivity contribution in [3.63, 3.8) is 0 Å². The predicted molar refractivity (Wildman–Crippen MR) is 141 cm³/mol. The van der Waals surface area contributed by atoms with Crippen LogP contribution in [0.1, 0.15) is 46.3 Å². The molecule has 3 rings (SSSR count). The minimum absolute atomic E-state index is 0.132. The van der Waals surface area contributed by atoms with Crippen molar-refractivity contribution in [2.45, 2.75) is 47.2 Å². The lowest BCUT2D eigenvalue weighted by molar-refractivity contribution is -0.123. The fourth-order valence-electron chi connectivity index (χ4n) is 3.93. The lowest BCUT2D eigenvalue weighted by Crippen LogP contribution is -2.31. The van der Waals surface area contributed by atoms with E-state index in [-0.39, 0.29) is 25.1 Å². The number of benzene rings is 3. The summed E-state index contributed by atoms with van der Waals surface area (Å²) < 4.78 is 31.9. The van der Waals surface area contributed by atoms with Gasteiger partial charge < -0.3 is 10.1 Å². The maximum absolute atomic E-state index is 12.5. The quantitative estimate of drug-likeness (QED) is 0.447. The molecule has 1 N–H and O–H groups in total. The fourth-order valence-corrected chi connectivity index (χ4v) is 4.82. The zero-order valence-electron chi connectivity index (χ0n) is 21.3. The molecule has 6 nitrogen and oxygen atoms in total. The Morgan fingerprint density at radius 1 is 0.914 bits per heavy atom. The molecule has 0 aromatic heterocycles. The zero-order valence-corrected chi connectivity index (χ0v) is 22.1. The van der Waals surface area contributed by atoms with Crippen LogP contribution in [0.4, 0.5) is 5.69 Å². The number of hydrogen-bond donors (Lipinski definition) is 1. The van der Waals surface area contributed by atoms with Crippen LogP contribution in [0, 0.1) is 27.7 Å². The molecular weight excluding hydrogens is 460 g/mol. The summed E-state index contributed by atoms with van der Waals surface area (Å²) in [5, 5.41) is 2.98. The molecule has 1 amide bonds. The molecule has 0 aliphatic heterocycles. The highest BCUT2D eigenvalue weighted by atomic mass is 32.2. The summed E-state index contributed by atoms with van der Waals surface area (Å²) in [6.45, 7) is 10.2. The average Bonchev–Trinajstić information content (AvgIpc) is 2.79. The summed E-state index contributed by atoms with van der Waals surface area (Å²) in [7, 11) is -3.49. The molecule has 0 bridgehead atoms. The molecule has 0 spiro atoms. The Morgan fingerprint density at radius 2 is 1.51 bits per heavy atom. The van der Waals surface area contributed by atoms with Gasteiger partial charge in [0.25, 0.3) is 5.91 Å². The van der Waals surface area contributed by atoms with Gasteiger partial charge in [-0.15, -0.1) is 0 Å². The smallest absolute Gasteiger partial charge is 0.258 e. The van der Waals surface area contributed by atoms with Crippen LogP contribution >= 0.6 is 0 Å². The number of hydrogen-bond acceptors (Lipinski definition) is 4. The summed E-state index contributed by atoms with van der Waals surface area (Å²) in [6.07, 6.45) is 1.19. The number of sulfonamides is 1. The summed E-state index contributed by atoms with van der Waals surface area (Å²) in [5.74, 6) is 0.263. The molecule has 3 aromatic rings. The summed E-state index contributed by atoms with van der Waals surface area (Å²) in [4.78, 5) is 12.5. The lowest BCUT2D eigenvalue weighted by Gasteiger charge is -2.23. The van der Waals surface area contributed by atoms with Gasteiger partial charge in [0.2, 0.25) is 10.0 Å². The second-order valence-electron chi connectivity index (χ2n) is 9.12. The van der Waals surface area contributed by atoms with E-state index in [4.69, 9.17) is 4.74 Å². The van der Waals surface area contributed by atoms with Gasteiger partial charge in [-0.3, -0.25) is 9.10 Å². The van der Waals surface area contributed by atoms with Crippen LogP contribution in [0.25, 0.3) is 0 Å². The molecule has 7 heteroatoms. The van der Waals surface area contributed by atoms with Gasteiger partial charge in [0, 0.05) is 0 Å². The van der Waals surface area contributed by atoms with Crippen molar-refractivity contribution in [3.05, 3.63) is 94.0 Å². The van der Waals surface area contributed by atoms with Gasteiger partial charge in [-0.2, -0.15) is 0 Å². The van der Waals surface area contributed by atoms with Gasteiger partial charge in [0.15, 0.2) is 6.61 Å². The van der Waals surface area contributed by atoms with Crippen molar-refractivity contribution < 1.29 is 17.9 Å². The summed E-state index contributed by atoms with van der Waals surface area (Å²) in [5.41, 5.74) is 7.18. The number of nitrogens with one attached hydrogen (secondary N) is 1. The summed E-state index contributed by atoms with van der Waals surface area (Å²) >= 11 is 0. The van der Waals surface area contributed by atoms with Crippen LogP contribution in [0.5, 0.6) is 5.75 Å². The molecule has 0 heterocycles. The second kappa shape index (κ2) is 11.0. The first kappa shape index (κ1) is 26.3. The fraction of sp³-hybridized carbons (Fsp3) is 0.321. The van der Waals surface area contributed by atoms with Crippen LogP contribution in [0.2, 0.25) is 0 Å². The third-order valence-electron chi connectivity index (χ3n) is 6.07. The number of aryl methyl sites for hydroxylation is 4. The molecule has 186 valence electrons. The molecule has 0 aliphatic carbocycles. The highest BCUT2D eigenvalue weighted by Crippen LogP contribution is 2.24. The minimum atomic E-state index is -3.49. The third kappa shape index (κ3) is 7.09.